The molecule has 4 aromatic rings. The standard InChI is InChI=1S/C24H25N5O3S/c1-4-28(15-22(30)26-18-9-6-7-10-20(18)32-3)24(31)16-13-19(21-11-8-12-33-21)27-23-17(16)14-25-29(23)5-2/h6-14H,4-5,15H2,1-3H3,(H,26,30). The van der Waals surface area contributed by atoms with Gasteiger partial charge in [0.2, 0.25) is 5.91 Å². The number of nitrogens with one attached hydrogen (secondary N) is 1. The zero-order valence-electron chi connectivity index (χ0n) is 18.7. The second-order valence-electron chi connectivity index (χ2n) is 7.30. The molecule has 0 radical (unpaired) electrons. The fourth-order valence-electron chi connectivity index (χ4n) is 3.62. The lowest BCUT2D eigenvalue weighted by Crippen LogP contribution is -2.38. The number of carbonyl (C=O) groups excluding carboxylic acids is 2. The van der Waals surface area contributed by atoms with Crippen LogP contribution in [0.2, 0.25) is 0 Å². The van der Waals surface area contributed by atoms with Crippen molar-refractivity contribution >= 4 is 39.9 Å². The summed E-state index contributed by atoms with van der Waals surface area (Å²) in [5.41, 5.74) is 2.41. The van der Waals surface area contributed by atoms with E-state index in [4.69, 9.17) is 9.72 Å². The normalized spacial score (nSPS) is 10.9. The minimum absolute atomic E-state index is 0.0898. The summed E-state index contributed by atoms with van der Waals surface area (Å²) < 4.78 is 7.07. The number of nitrogens with zero attached hydrogens (tertiary/aromatic N) is 4. The predicted molar refractivity (Wildman–Crippen MR) is 130 cm³/mol. The summed E-state index contributed by atoms with van der Waals surface area (Å²) in [6.07, 6.45) is 1.67. The molecule has 3 heterocycles. The fourth-order valence-corrected chi connectivity index (χ4v) is 4.30. The molecule has 0 aliphatic rings. The van der Waals surface area contributed by atoms with Crippen molar-refractivity contribution < 1.29 is 14.3 Å². The van der Waals surface area contributed by atoms with Crippen LogP contribution in [0.5, 0.6) is 5.75 Å². The Labute approximate surface area is 195 Å². The average molecular weight is 464 g/mol. The van der Waals surface area contributed by atoms with Gasteiger partial charge in [-0.05, 0) is 43.5 Å². The van der Waals surface area contributed by atoms with Gasteiger partial charge in [0.25, 0.3) is 5.91 Å². The molecule has 0 aliphatic carbocycles. The van der Waals surface area contributed by atoms with Crippen LogP contribution in [0.15, 0.2) is 54.0 Å². The minimum atomic E-state index is -0.303. The largest absolute Gasteiger partial charge is 0.495 e. The molecule has 0 saturated carbocycles. The Kier molecular flexibility index (Phi) is 6.69. The summed E-state index contributed by atoms with van der Waals surface area (Å²) in [7, 11) is 1.54. The summed E-state index contributed by atoms with van der Waals surface area (Å²) in [5, 5.41) is 9.87. The van der Waals surface area contributed by atoms with Crippen molar-refractivity contribution in [2.24, 2.45) is 0 Å². The van der Waals surface area contributed by atoms with E-state index in [-0.39, 0.29) is 18.4 Å². The van der Waals surface area contributed by atoms with Gasteiger partial charge < -0.3 is 15.0 Å². The van der Waals surface area contributed by atoms with E-state index in [1.165, 1.54) is 4.90 Å². The number of para-hydroxylation sites is 2. The van der Waals surface area contributed by atoms with Gasteiger partial charge in [-0.3, -0.25) is 9.59 Å². The highest BCUT2D eigenvalue weighted by molar-refractivity contribution is 7.13. The molecule has 0 saturated heterocycles. The zero-order chi connectivity index (χ0) is 23.4. The second kappa shape index (κ2) is 9.83. The molecule has 2 amide bonds. The third-order valence-electron chi connectivity index (χ3n) is 5.30. The lowest BCUT2D eigenvalue weighted by molar-refractivity contribution is -0.116. The van der Waals surface area contributed by atoms with Crippen LogP contribution in [0, 0.1) is 0 Å². The van der Waals surface area contributed by atoms with Crippen LogP contribution >= 0.6 is 11.3 Å². The number of likely N-dealkylation sites (N-methyl/N-ethyl adjacent to an activating group) is 1. The van der Waals surface area contributed by atoms with Crippen molar-refractivity contribution in [3.05, 3.63) is 59.6 Å². The van der Waals surface area contributed by atoms with Gasteiger partial charge in [-0.1, -0.05) is 18.2 Å². The number of fused-ring (bicyclic) bond motifs is 1. The first-order valence-corrected chi connectivity index (χ1v) is 11.6. The first-order valence-electron chi connectivity index (χ1n) is 10.7. The second-order valence-corrected chi connectivity index (χ2v) is 8.25. The van der Waals surface area contributed by atoms with Gasteiger partial charge in [-0.15, -0.1) is 11.3 Å². The maximum Gasteiger partial charge on any atom is 0.255 e. The van der Waals surface area contributed by atoms with E-state index < -0.39 is 0 Å². The molecule has 170 valence electrons. The molecule has 9 heteroatoms. The number of aromatic nitrogens is 3. The summed E-state index contributed by atoms with van der Waals surface area (Å²) in [4.78, 5) is 33.6. The Morgan fingerprint density at radius 1 is 1.18 bits per heavy atom. The number of aryl methyl sites for hydroxylation is 1. The summed E-state index contributed by atoms with van der Waals surface area (Å²) >= 11 is 1.56. The molecule has 0 spiro atoms. The molecule has 0 unspecified atom stereocenters. The van der Waals surface area contributed by atoms with Gasteiger partial charge in [0, 0.05) is 13.1 Å². The molecule has 4 rings (SSSR count). The molecule has 33 heavy (non-hydrogen) atoms. The lowest BCUT2D eigenvalue weighted by Gasteiger charge is -2.21. The SMILES string of the molecule is CCN(CC(=O)Nc1ccccc1OC)C(=O)c1cc(-c2cccs2)nc2c1cnn2CC. The number of hydrogen-bond acceptors (Lipinski definition) is 6. The summed E-state index contributed by atoms with van der Waals surface area (Å²) in [6, 6.07) is 12.9. The quantitative estimate of drug-likeness (QED) is 0.421. The zero-order valence-corrected chi connectivity index (χ0v) is 19.6. The monoisotopic (exact) mass is 463 g/mol. The van der Waals surface area contributed by atoms with Gasteiger partial charge in [-0.2, -0.15) is 5.10 Å². The number of amides is 2. The van der Waals surface area contributed by atoms with Crippen molar-refractivity contribution in [1.29, 1.82) is 0 Å². The highest BCUT2D eigenvalue weighted by atomic mass is 32.1. The molecule has 1 N–H and O–H groups in total. The van der Waals surface area contributed by atoms with E-state index in [1.807, 2.05) is 43.5 Å². The highest BCUT2D eigenvalue weighted by Gasteiger charge is 2.23. The fraction of sp³-hybridized carbons (Fsp3) is 0.250. The van der Waals surface area contributed by atoms with E-state index in [0.717, 1.165) is 4.88 Å². The number of rotatable bonds is 8. The third-order valence-corrected chi connectivity index (χ3v) is 6.19. The number of benzene rings is 1. The highest BCUT2D eigenvalue weighted by Crippen LogP contribution is 2.29. The number of pyridine rings is 1. The smallest absolute Gasteiger partial charge is 0.255 e. The molecule has 0 atom stereocenters. The van der Waals surface area contributed by atoms with E-state index in [9.17, 15) is 9.59 Å². The van der Waals surface area contributed by atoms with Crippen LogP contribution in [0.3, 0.4) is 0 Å². The molecule has 1 aromatic carbocycles. The molecule has 0 fully saturated rings. The minimum Gasteiger partial charge on any atom is -0.495 e. The molecular weight excluding hydrogens is 438 g/mol. The number of thiophene rings is 1. The van der Waals surface area contributed by atoms with E-state index in [2.05, 4.69) is 10.4 Å². The molecule has 0 aliphatic heterocycles. The van der Waals surface area contributed by atoms with Crippen LogP contribution in [0.4, 0.5) is 5.69 Å². The number of anilines is 1. The average Bonchev–Trinajstić information content (AvgIpc) is 3.52. The van der Waals surface area contributed by atoms with Crippen LogP contribution < -0.4 is 10.1 Å². The van der Waals surface area contributed by atoms with Gasteiger partial charge in [0.15, 0.2) is 5.65 Å². The van der Waals surface area contributed by atoms with Crippen LogP contribution in [-0.4, -0.2) is 51.7 Å². The van der Waals surface area contributed by atoms with Crippen molar-refractivity contribution in [2.75, 3.05) is 25.5 Å². The Hall–Kier alpha value is -3.72. The lowest BCUT2D eigenvalue weighted by atomic mass is 10.1. The topological polar surface area (TPSA) is 89.3 Å². The molecular formula is C24H25N5O3S. The Bertz CT molecular complexity index is 1280. The van der Waals surface area contributed by atoms with Crippen molar-refractivity contribution in [2.45, 2.75) is 20.4 Å². The first kappa shape index (κ1) is 22.5. The summed E-state index contributed by atoms with van der Waals surface area (Å²) in [6.45, 7) is 4.75. The molecule has 8 nitrogen and oxygen atoms in total. The van der Waals surface area contributed by atoms with Gasteiger partial charge in [0.1, 0.15) is 12.3 Å². The van der Waals surface area contributed by atoms with Crippen LogP contribution in [0.1, 0.15) is 24.2 Å². The number of methoxy groups -OCH3 is 1. The van der Waals surface area contributed by atoms with E-state index >= 15 is 0 Å². The number of carbonyl (C=O) groups is 2. The number of hydrogen-bond donors (Lipinski definition) is 1. The van der Waals surface area contributed by atoms with Crippen LogP contribution in [-0.2, 0) is 11.3 Å². The van der Waals surface area contributed by atoms with Gasteiger partial charge >= 0.3 is 0 Å². The Morgan fingerprint density at radius 3 is 2.70 bits per heavy atom. The Balaban J connectivity index is 1.64. The Morgan fingerprint density at radius 2 is 2.00 bits per heavy atom. The van der Waals surface area contributed by atoms with Crippen LogP contribution in [0.25, 0.3) is 21.6 Å². The van der Waals surface area contributed by atoms with Crippen molar-refractivity contribution in [3.8, 4) is 16.3 Å². The maximum atomic E-state index is 13.6. The van der Waals surface area contributed by atoms with Crippen molar-refractivity contribution in [3.63, 3.8) is 0 Å². The van der Waals surface area contributed by atoms with Gasteiger partial charge in [0.05, 0.1) is 40.5 Å². The molecule has 3 aromatic heterocycles. The first-order chi connectivity index (χ1) is 16.0. The maximum absolute atomic E-state index is 13.6. The number of ether oxygens (including phenoxy) is 1. The molecule has 0 bridgehead atoms. The predicted octanol–water partition coefficient (Wildman–Crippen LogP) is 4.29. The van der Waals surface area contributed by atoms with Crippen molar-refractivity contribution in [1.82, 2.24) is 19.7 Å². The van der Waals surface area contributed by atoms with E-state index in [0.29, 0.717) is 46.8 Å². The van der Waals surface area contributed by atoms with Gasteiger partial charge in [-0.25, -0.2) is 9.67 Å². The summed E-state index contributed by atoms with van der Waals surface area (Å²) in [5.74, 6) is 0.0138. The van der Waals surface area contributed by atoms with E-state index in [1.54, 1.807) is 47.5 Å². The third kappa shape index (κ3) is 4.58.